The highest BCUT2D eigenvalue weighted by molar-refractivity contribution is 7.14. The average Bonchev–Trinajstić information content (AvgIpc) is 2.83. The summed E-state index contributed by atoms with van der Waals surface area (Å²) in [6.07, 6.45) is 0. The minimum atomic E-state index is 0.268. The molecule has 2 aromatic rings. The Balaban J connectivity index is 1.93. The maximum Gasteiger partial charge on any atom is 0.0991 e. The molecule has 0 aliphatic rings. The number of rotatable bonds is 4. The van der Waals surface area contributed by atoms with Crippen molar-refractivity contribution in [1.82, 2.24) is 5.32 Å². The van der Waals surface area contributed by atoms with Crippen molar-refractivity contribution in [3.8, 4) is 6.07 Å². The molecule has 1 N–H and O–H groups in total. The summed E-state index contributed by atoms with van der Waals surface area (Å²) in [7, 11) is 0. The number of hydrogen-bond donors (Lipinski definition) is 1. The Kier molecular flexibility index (Phi) is 4.38. The van der Waals surface area contributed by atoms with Crippen LogP contribution in [0.25, 0.3) is 0 Å². The smallest absolute Gasteiger partial charge is 0.0991 e. The third-order valence-corrected chi connectivity index (χ3v) is 3.89. The van der Waals surface area contributed by atoms with Crippen LogP contribution in [0.3, 0.4) is 0 Å². The van der Waals surface area contributed by atoms with Crippen molar-refractivity contribution in [2.45, 2.75) is 19.5 Å². The largest absolute Gasteiger partial charge is 0.306 e. The summed E-state index contributed by atoms with van der Waals surface area (Å²) in [5, 5.41) is 14.2. The van der Waals surface area contributed by atoms with E-state index in [1.54, 1.807) is 11.3 Å². The van der Waals surface area contributed by atoms with Crippen LogP contribution in [0.4, 0.5) is 0 Å². The topological polar surface area (TPSA) is 35.8 Å². The van der Waals surface area contributed by atoms with Gasteiger partial charge in [0, 0.05) is 12.6 Å². The Hall–Kier alpha value is -1.34. The molecule has 1 aromatic carbocycles. The molecule has 2 nitrogen and oxygen atoms in total. The summed E-state index contributed by atoms with van der Waals surface area (Å²) >= 11 is 7.46. The zero-order valence-electron chi connectivity index (χ0n) is 9.98. The SMILES string of the molecule is CC(NCc1ccc(C#N)cc1)c1csc(Cl)c1. The van der Waals surface area contributed by atoms with Gasteiger partial charge in [0.1, 0.15) is 0 Å². The van der Waals surface area contributed by atoms with Crippen LogP contribution in [0.1, 0.15) is 29.7 Å². The molecule has 0 bridgehead atoms. The number of nitrogens with one attached hydrogen (secondary N) is 1. The third-order valence-electron chi connectivity index (χ3n) is 2.78. The van der Waals surface area contributed by atoms with Crippen molar-refractivity contribution < 1.29 is 0 Å². The molecule has 1 heterocycles. The first-order chi connectivity index (χ1) is 8.69. The molecule has 0 saturated carbocycles. The predicted molar refractivity (Wildman–Crippen MR) is 75.7 cm³/mol. The van der Waals surface area contributed by atoms with Crippen LogP contribution in [0.5, 0.6) is 0 Å². The highest BCUT2D eigenvalue weighted by Crippen LogP contribution is 2.24. The van der Waals surface area contributed by atoms with Gasteiger partial charge in [-0.25, -0.2) is 0 Å². The lowest BCUT2D eigenvalue weighted by Crippen LogP contribution is -2.17. The van der Waals surface area contributed by atoms with Crippen molar-refractivity contribution in [3.63, 3.8) is 0 Å². The molecule has 1 atom stereocenters. The van der Waals surface area contributed by atoms with E-state index in [9.17, 15) is 0 Å². The predicted octanol–water partition coefficient (Wildman–Crippen LogP) is 4.12. The molecule has 1 unspecified atom stereocenters. The lowest BCUT2D eigenvalue weighted by Gasteiger charge is -2.12. The minimum absolute atomic E-state index is 0.268. The Morgan fingerprint density at radius 1 is 1.39 bits per heavy atom. The fourth-order valence-corrected chi connectivity index (χ4v) is 2.62. The standard InChI is InChI=1S/C14H13ClN2S/c1-10(13-6-14(15)18-9-13)17-8-12-4-2-11(7-16)3-5-12/h2-6,9-10,17H,8H2,1H3. The number of nitrogens with zero attached hydrogens (tertiary/aromatic N) is 1. The summed E-state index contributed by atoms with van der Waals surface area (Å²) in [5.74, 6) is 0. The van der Waals surface area contributed by atoms with Crippen LogP contribution in [-0.4, -0.2) is 0 Å². The van der Waals surface area contributed by atoms with E-state index in [0.717, 1.165) is 10.9 Å². The van der Waals surface area contributed by atoms with Crippen molar-refractivity contribution in [1.29, 1.82) is 5.26 Å². The fraction of sp³-hybridized carbons (Fsp3) is 0.214. The minimum Gasteiger partial charge on any atom is -0.306 e. The molecule has 0 spiro atoms. The molecule has 0 aliphatic carbocycles. The van der Waals surface area contributed by atoms with E-state index in [0.29, 0.717) is 5.56 Å². The first kappa shape index (κ1) is 13.1. The van der Waals surface area contributed by atoms with Crippen LogP contribution >= 0.6 is 22.9 Å². The Labute approximate surface area is 116 Å². The number of hydrogen-bond acceptors (Lipinski definition) is 3. The van der Waals surface area contributed by atoms with Crippen molar-refractivity contribution in [2.24, 2.45) is 0 Å². The normalized spacial score (nSPS) is 12.1. The maximum atomic E-state index is 8.72. The van der Waals surface area contributed by atoms with Gasteiger partial charge in [-0.15, -0.1) is 11.3 Å². The zero-order valence-corrected chi connectivity index (χ0v) is 11.6. The third kappa shape index (κ3) is 3.33. The molecule has 0 radical (unpaired) electrons. The Morgan fingerprint density at radius 3 is 2.67 bits per heavy atom. The van der Waals surface area contributed by atoms with E-state index in [-0.39, 0.29) is 6.04 Å². The van der Waals surface area contributed by atoms with Crippen LogP contribution in [0.15, 0.2) is 35.7 Å². The molecule has 0 amide bonds. The quantitative estimate of drug-likeness (QED) is 0.912. The van der Waals surface area contributed by atoms with Crippen molar-refractivity contribution >= 4 is 22.9 Å². The molecule has 0 saturated heterocycles. The lowest BCUT2D eigenvalue weighted by atomic mass is 10.1. The zero-order chi connectivity index (χ0) is 13.0. The summed E-state index contributed by atoms with van der Waals surface area (Å²) in [6, 6.07) is 12.0. The van der Waals surface area contributed by atoms with Crippen LogP contribution in [0, 0.1) is 11.3 Å². The van der Waals surface area contributed by atoms with Gasteiger partial charge in [-0.1, -0.05) is 23.7 Å². The molecule has 1 aromatic heterocycles. The summed E-state index contributed by atoms with van der Waals surface area (Å²) in [6.45, 7) is 2.89. The van der Waals surface area contributed by atoms with Crippen molar-refractivity contribution in [3.05, 3.63) is 56.7 Å². The van der Waals surface area contributed by atoms with Crippen LogP contribution < -0.4 is 5.32 Å². The molecule has 18 heavy (non-hydrogen) atoms. The van der Waals surface area contributed by atoms with Gasteiger partial charge in [0.25, 0.3) is 0 Å². The van der Waals surface area contributed by atoms with Gasteiger partial charge in [0.15, 0.2) is 0 Å². The van der Waals surface area contributed by atoms with Gasteiger partial charge < -0.3 is 5.32 Å². The van der Waals surface area contributed by atoms with Crippen LogP contribution in [-0.2, 0) is 6.54 Å². The monoisotopic (exact) mass is 276 g/mol. The van der Waals surface area contributed by atoms with E-state index in [1.807, 2.05) is 30.3 Å². The first-order valence-corrected chi connectivity index (χ1v) is 6.91. The second-order valence-corrected chi connectivity index (χ2v) is 5.64. The summed E-state index contributed by atoms with van der Waals surface area (Å²) in [5.41, 5.74) is 3.07. The van der Waals surface area contributed by atoms with E-state index in [2.05, 4.69) is 23.7 Å². The van der Waals surface area contributed by atoms with Crippen LogP contribution in [0.2, 0.25) is 4.34 Å². The van der Waals surface area contributed by atoms with E-state index >= 15 is 0 Å². The highest BCUT2D eigenvalue weighted by atomic mass is 35.5. The molecule has 4 heteroatoms. The molecule has 0 fully saturated rings. The van der Waals surface area contributed by atoms with E-state index < -0.39 is 0 Å². The lowest BCUT2D eigenvalue weighted by molar-refractivity contribution is 0.576. The fourth-order valence-electron chi connectivity index (χ4n) is 1.64. The second kappa shape index (κ2) is 6.01. The molecule has 2 rings (SSSR count). The van der Waals surface area contributed by atoms with Gasteiger partial charge in [-0.05, 0) is 41.6 Å². The molecular formula is C14H13ClN2S. The second-order valence-electron chi connectivity index (χ2n) is 4.10. The Bertz CT molecular complexity index is 554. The average molecular weight is 277 g/mol. The Morgan fingerprint density at radius 2 is 2.11 bits per heavy atom. The van der Waals surface area contributed by atoms with Gasteiger partial charge in [0.05, 0.1) is 16.0 Å². The molecule has 92 valence electrons. The van der Waals surface area contributed by atoms with Gasteiger partial charge in [-0.2, -0.15) is 5.26 Å². The summed E-state index contributed by atoms with van der Waals surface area (Å²) < 4.78 is 0.817. The number of halogens is 1. The van der Waals surface area contributed by atoms with Crippen molar-refractivity contribution in [2.75, 3.05) is 0 Å². The number of nitriles is 1. The number of thiophene rings is 1. The van der Waals surface area contributed by atoms with Gasteiger partial charge in [-0.3, -0.25) is 0 Å². The first-order valence-electron chi connectivity index (χ1n) is 5.65. The number of benzene rings is 1. The highest BCUT2D eigenvalue weighted by Gasteiger charge is 2.06. The molecular weight excluding hydrogens is 264 g/mol. The van der Waals surface area contributed by atoms with E-state index in [1.165, 1.54) is 11.1 Å². The van der Waals surface area contributed by atoms with Gasteiger partial charge in [0.2, 0.25) is 0 Å². The van der Waals surface area contributed by atoms with E-state index in [4.69, 9.17) is 16.9 Å². The molecule has 0 aliphatic heterocycles. The summed E-state index contributed by atoms with van der Waals surface area (Å²) in [4.78, 5) is 0. The maximum absolute atomic E-state index is 8.72. The van der Waals surface area contributed by atoms with Gasteiger partial charge >= 0.3 is 0 Å².